The molecule has 2 amide bonds. The van der Waals surface area contributed by atoms with Crippen LogP contribution in [0.2, 0.25) is 0 Å². The van der Waals surface area contributed by atoms with Gasteiger partial charge in [-0.2, -0.15) is 0 Å². The monoisotopic (exact) mass is 266 g/mol. The highest BCUT2D eigenvalue weighted by molar-refractivity contribution is 6.29. The first kappa shape index (κ1) is 12.9. The minimum Gasteiger partial charge on any atom is -0.325 e. The maximum atomic E-state index is 11.8. The molecule has 0 aliphatic carbocycles. The van der Waals surface area contributed by atoms with Gasteiger partial charge in [0.15, 0.2) is 0 Å². The molecule has 0 saturated heterocycles. The lowest BCUT2D eigenvalue weighted by atomic mass is 10.1. The highest BCUT2D eigenvalue weighted by Gasteiger charge is 2.23. The zero-order valence-electron chi connectivity index (χ0n) is 10.2. The number of anilines is 2. The van der Waals surface area contributed by atoms with Gasteiger partial charge in [0.25, 0.3) is 0 Å². The number of amides is 2. The van der Waals surface area contributed by atoms with Gasteiger partial charge in [0.2, 0.25) is 11.8 Å². The van der Waals surface area contributed by atoms with Gasteiger partial charge in [0.05, 0.1) is 0 Å². The molecule has 0 aromatic heterocycles. The summed E-state index contributed by atoms with van der Waals surface area (Å²) in [7, 11) is 0. The highest BCUT2D eigenvalue weighted by atomic mass is 35.5. The van der Waals surface area contributed by atoms with E-state index in [1.807, 2.05) is 25.1 Å². The van der Waals surface area contributed by atoms with Crippen LogP contribution in [0.5, 0.6) is 0 Å². The number of hydrogen-bond acceptors (Lipinski definition) is 2. The van der Waals surface area contributed by atoms with Crippen molar-refractivity contribution in [3.8, 4) is 0 Å². The van der Waals surface area contributed by atoms with Crippen molar-refractivity contribution in [2.24, 2.45) is 0 Å². The number of fused-ring (bicyclic) bond motifs is 1. The molecule has 18 heavy (non-hydrogen) atoms. The average Bonchev–Trinajstić information content (AvgIpc) is 2.80. The Hall–Kier alpha value is -1.55. The molecular weight excluding hydrogens is 252 g/mol. The molecule has 0 radical (unpaired) electrons. The number of rotatable bonds is 3. The van der Waals surface area contributed by atoms with E-state index in [0.717, 1.165) is 24.2 Å². The normalized spacial score (nSPS) is 13.3. The molecule has 1 aromatic carbocycles. The number of halogens is 1. The zero-order valence-corrected chi connectivity index (χ0v) is 11.0. The second-order valence-electron chi connectivity index (χ2n) is 4.17. The summed E-state index contributed by atoms with van der Waals surface area (Å²) < 4.78 is 0. The number of carbonyl (C=O) groups is 2. The van der Waals surface area contributed by atoms with Crippen LogP contribution >= 0.6 is 11.6 Å². The fourth-order valence-electron chi connectivity index (χ4n) is 2.10. The Morgan fingerprint density at radius 3 is 2.89 bits per heavy atom. The highest BCUT2D eigenvalue weighted by Crippen LogP contribution is 2.31. The Balaban J connectivity index is 2.25. The van der Waals surface area contributed by atoms with E-state index >= 15 is 0 Å². The van der Waals surface area contributed by atoms with Crippen molar-refractivity contribution >= 4 is 34.8 Å². The molecule has 1 aliphatic rings. The largest absolute Gasteiger partial charge is 0.325 e. The van der Waals surface area contributed by atoms with Gasteiger partial charge in [-0.25, -0.2) is 0 Å². The zero-order chi connectivity index (χ0) is 13.1. The summed E-state index contributed by atoms with van der Waals surface area (Å²) in [5.41, 5.74) is 2.71. The Kier molecular flexibility index (Phi) is 3.87. The third-order valence-electron chi connectivity index (χ3n) is 2.99. The Bertz CT molecular complexity index is 488. The molecule has 0 saturated carbocycles. The Labute approximate surface area is 111 Å². The summed E-state index contributed by atoms with van der Waals surface area (Å²) in [6, 6.07) is 5.62. The molecule has 5 heteroatoms. The maximum absolute atomic E-state index is 11.8. The van der Waals surface area contributed by atoms with Crippen molar-refractivity contribution < 1.29 is 9.59 Å². The second-order valence-corrected chi connectivity index (χ2v) is 4.44. The van der Waals surface area contributed by atoms with Crippen LogP contribution in [0.15, 0.2) is 18.2 Å². The number of nitrogens with one attached hydrogen (secondary N) is 1. The summed E-state index contributed by atoms with van der Waals surface area (Å²) in [5.74, 6) is -0.216. The molecule has 96 valence electrons. The fraction of sp³-hybridized carbons (Fsp3) is 0.385. The third kappa shape index (κ3) is 2.48. The molecule has 0 atom stereocenters. The molecule has 1 aliphatic heterocycles. The summed E-state index contributed by atoms with van der Waals surface area (Å²) >= 11 is 5.44. The molecule has 4 nitrogen and oxygen atoms in total. The standard InChI is InChI=1S/C13H15ClN2O2/c1-2-13(18)16-6-5-9-3-4-10(7-11(9)16)15-12(17)8-14/h3-4,7H,2,5-6,8H2,1H3,(H,15,17). The predicted octanol–water partition coefficient (Wildman–Crippen LogP) is 2.16. The van der Waals surface area contributed by atoms with Crippen molar-refractivity contribution in [1.29, 1.82) is 0 Å². The maximum Gasteiger partial charge on any atom is 0.239 e. The van der Waals surface area contributed by atoms with Gasteiger partial charge in [-0.3, -0.25) is 9.59 Å². The third-order valence-corrected chi connectivity index (χ3v) is 3.23. The van der Waals surface area contributed by atoms with Crippen molar-refractivity contribution in [2.75, 3.05) is 22.6 Å². The van der Waals surface area contributed by atoms with E-state index in [4.69, 9.17) is 11.6 Å². The van der Waals surface area contributed by atoms with E-state index in [2.05, 4.69) is 5.32 Å². The minimum absolute atomic E-state index is 0.0747. The number of benzene rings is 1. The molecule has 0 unspecified atom stereocenters. The molecule has 2 rings (SSSR count). The van der Waals surface area contributed by atoms with Gasteiger partial charge in [-0.05, 0) is 24.1 Å². The Morgan fingerprint density at radius 2 is 2.22 bits per heavy atom. The summed E-state index contributed by atoms with van der Waals surface area (Å²) in [5, 5.41) is 2.69. The van der Waals surface area contributed by atoms with Gasteiger partial charge in [-0.15, -0.1) is 11.6 Å². The quantitative estimate of drug-likeness (QED) is 0.853. The van der Waals surface area contributed by atoms with Crippen molar-refractivity contribution in [1.82, 2.24) is 0 Å². The Morgan fingerprint density at radius 1 is 1.44 bits per heavy atom. The van der Waals surface area contributed by atoms with Crippen LogP contribution in [0.4, 0.5) is 11.4 Å². The van der Waals surface area contributed by atoms with Crippen molar-refractivity contribution in [3.05, 3.63) is 23.8 Å². The van der Waals surface area contributed by atoms with E-state index in [0.29, 0.717) is 12.1 Å². The molecule has 1 aromatic rings. The van der Waals surface area contributed by atoms with E-state index in [9.17, 15) is 9.59 Å². The average molecular weight is 267 g/mol. The van der Waals surface area contributed by atoms with Crippen LogP contribution in [0.25, 0.3) is 0 Å². The van der Waals surface area contributed by atoms with Gasteiger partial charge in [0.1, 0.15) is 5.88 Å². The summed E-state index contributed by atoms with van der Waals surface area (Å²) in [4.78, 5) is 24.8. The molecule has 0 fully saturated rings. The molecular formula is C13H15ClN2O2. The van der Waals surface area contributed by atoms with E-state index in [1.165, 1.54) is 0 Å². The number of carbonyl (C=O) groups excluding carboxylic acids is 2. The van der Waals surface area contributed by atoms with Crippen LogP contribution in [0, 0.1) is 0 Å². The smallest absolute Gasteiger partial charge is 0.239 e. The molecule has 0 bridgehead atoms. The van der Waals surface area contributed by atoms with Gasteiger partial charge < -0.3 is 10.2 Å². The van der Waals surface area contributed by atoms with Gasteiger partial charge >= 0.3 is 0 Å². The molecule has 1 heterocycles. The minimum atomic E-state index is -0.247. The SMILES string of the molecule is CCC(=O)N1CCc2ccc(NC(=O)CCl)cc21. The van der Waals surface area contributed by atoms with E-state index in [-0.39, 0.29) is 17.7 Å². The second kappa shape index (κ2) is 5.40. The lowest BCUT2D eigenvalue weighted by Crippen LogP contribution is -2.27. The number of hydrogen-bond donors (Lipinski definition) is 1. The van der Waals surface area contributed by atoms with E-state index in [1.54, 1.807) is 4.90 Å². The first-order valence-electron chi connectivity index (χ1n) is 5.94. The van der Waals surface area contributed by atoms with Crippen LogP contribution in [0.3, 0.4) is 0 Å². The lowest BCUT2D eigenvalue weighted by Gasteiger charge is -2.17. The summed E-state index contributed by atoms with van der Waals surface area (Å²) in [6.45, 7) is 2.56. The van der Waals surface area contributed by atoms with Crippen LogP contribution in [-0.2, 0) is 16.0 Å². The molecule has 1 N–H and O–H groups in total. The lowest BCUT2D eigenvalue weighted by molar-refractivity contribution is -0.118. The number of alkyl halides is 1. The predicted molar refractivity (Wildman–Crippen MR) is 72.1 cm³/mol. The van der Waals surface area contributed by atoms with Crippen LogP contribution in [-0.4, -0.2) is 24.2 Å². The van der Waals surface area contributed by atoms with E-state index < -0.39 is 0 Å². The van der Waals surface area contributed by atoms with Gasteiger partial charge in [0, 0.05) is 24.3 Å². The number of nitrogens with zero attached hydrogens (tertiary/aromatic N) is 1. The van der Waals surface area contributed by atoms with Crippen molar-refractivity contribution in [3.63, 3.8) is 0 Å². The summed E-state index contributed by atoms with van der Waals surface area (Å²) in [6.07, 6.45) is 1.35. The fourth-order valence-corrected chi connectivity index (χ4v) is 2.17. The topological polar surface area (TPSA) is 49.4 Å². The van der Waals surface area contributed by atoms with Crippen molar-refractivity contribution in [2.45, 2.75) is 19.8 Å². The first-order chi connectivity index (χ1) is 8.65. The van der Waals surface area contributed by atoms with Crippen LogP contribution < -0.4 is 10.2 Å². The molecule has 0 spiro atoms. The van der Waals surface area contributed by atoms with Gasteiger partial charge in [-0.1, -0.05) is 13.0 Å². The van der Waals surface area contributed by atoms with Crippen LogP contribution in [0.1, 0.15) is 18.9 Å². The first-order valence-corrected chi connectivity index (χ1v) is 6.48.